The zero-order valence-electron chi connectivity index (χ0n) is 22.6. The molecule has 0 saturated heterocycles. The molecule has 3 N–H and O–H groups in total. The Balaban J connectivity index is 1.83. The predicted molar refractivity (Wildman–Crippen MR) is 157 cm³/mol. The number of hydrogen-bond acceptors (Lipinski definition) is 3. The summed E-state index contributed by atoms with van der Waals surface area (Å²) >= 11 is 5.63. The van der Waals surface area contributed by atoms with Gasteiger partial charge in [-0.2, -0.15) is 0 Å². The maximum Gasteiger partial charge on any atom is 0.109 e. The number of nitrogens with one attached hydrogen (secondary N) is 1. The van der Waals surface area contributed by atoms with Gasteiger partial charge >= 0.3 is 0 Å². The van der Waals surface area contributed by atoms with Crippen molar-refractivity contribution in [2.45, 2.75) is 135 Å². The Hall–Kier alpha value is -1.13. The lowest BCUT2D eigenvalue weighted by Crippen LogP contribution is -2.27. The lowest BCUT2D eigenvalue weighted by atomic mass is 10.0. The summed E-state index contributed by atoms with van der Waals surface area (Å²) in [6, 6.07) is 8.00. The van der Waals surface area contributed by atoms with E-state index in [1.54, 1.807) is 0 Å². The number of unbranched alkanes of at least 4 members (excludes halogenated alkanes) is 19. The summed E-state index contributed by atoms with van der Waals surface area (Å²) in [4.78, 5) is 3.09. The summed E-state index contributed by atoms with van der Waals surface area (Å²) in [6.45, 7) is 3.32. The zero-order chi connectivity index (χ0) is 24.7. The van der Waals surface area contributed by atoms with Crippen molar-refractivity contribution in [3.05, 3.63) is 29.8 Å². The third-order valence-electron chi connectivity index (χ3n) is 6.97. The molecule has 0 aliphatic carbocycles. The molecular weight excluding hydrogens is 434 g/mol. The summed E-state index contributed by atoms with van der Waals surface area (Å²) in [7, 11) is 2.10. The fourth-order valence-electron chi connectivity index (χ4n) is 4.67. The summed E-state index contributed by atoms with van der Waals surface area (Å²) in [5.74, 6) is 5.50. The summed E-state index contributed by atoms with van der Waals surface area (Å²) < 4.78 is 0. The molecule has 3 nitrogen and oxygen atoms in total. The molecule has 0 aliphatic heterocycles. The molecule has 1 aromatic carbocycles. The molecule has 0 aromatic heterocycles. The quantitative estimate of drug-likeness (QED) is 0.0695. The van der Waals surface area contributed by atoms with Crippen molar-refractivity contribution >= 4 is 22.9 Å². The number of nitrogens with two attached hydrogens (primary N) is 1. The first-order chi connectivity index (χ1) is 16.7. The minimum Gasteiger partial charge on any atom is -0.365 e. The van der Waals surface area contributed by atoms with E-state index in [2.05, 4.69) is 30.4 Å². The Morgan fingerprint density at radius 2 is 1.12 bits per heavy atom. The van der Waals surface area contributed by atoms with Crippen LogP contribution in [0, 0.1) is 0 Å². The molecule has 0 saturated carbocycles. The molecule has 196 valence electrons. The van der Waals surface area contributed by atoms with Crippen molar-refractivity contribution in [3.8, 4) is 0 Å². The van der Waals surface area contributed by atoms with Gasteiger partial charge in [0.1, 0.15) is 4.99 Å². The predicted octanol–water partition coefficient (Wildman–Crippen LogP) is 9.40. The first kappa shape index (κ1) is 30.9. The van der Waals surface area contributed by atoms with Gasteiger partial charge in [-0.1, -0.05) is 153 Å². The highest BCUT2D eigenvalue weighted by atomic mass is 32.1. The van der Waals surface area contributed by atoms with Crippen LogP contribution < -0.4 is 11.3 Å². The van der Waals surface area contributed by atoms with Crippen molar-refractivity contribution in [1.29, 1.82) is 0 Å². The Morgan fingerprint density at radius 1 is 0.706 bits per heavy atom. The fourth-order valence-corrected chi connectivity index (χ4v) is 4.89. The molecule has 0 spiro atoms. The normalized spacial score (nSPS) is 11.0. The smallest absolute Gasteiger partial charge is 0.109 e. The minimum atomic E-state index is 0.895. The van der Waals surface area contributed by atoms with Gasteiger partial charge in [-0.15, -0.1) is 0 Å². The van der Waals surface area contributed by atoms with Crippen LogP contribution in [0.1, 0.15) is 141 Å². The number of nitrogens with zero attached hydrogens (tertiary/aromatic N) is 1. The second kappa shape index (κ2) is 22.3. The fraction of sp³-hybridized carbons (Fsp3) is 0.767. The van der Waals surface area contributed by atoms with Gasteiger partial charge < -0.3 is 10.3 Å². The number of rotatable bonds is 23. The van der Waals surface area contributed by atoms with E-state index >= 15 is 0 Å². The van der Waals surface area contributed by atoms with E-state index < -0.39 is 0 Å². The van der Waals surface area contributed by atoms with Crippen molar-refractivity contribution in [2.75, 3.05) is 19.0 Å². The summed E-state index contributed by atoms with van der Waals surface area (Å²) in [5.41, 5.74) is 4.64. The molecule has 0 bridgehead atoms. The third kappa shape index (κ3) is 16.5. The molecule has 0 unspecified atom stereocenters. The van der Waals surface area contributed by atoms with Gasteiger partial charge in [0, 0.05) is 24.8 Å². The number of hydrazine groups is 1. The van der Waals surface area contributed by atoms with E-state index in [1.807, 2.05) is 18.2 Å². The number of hydrogen-bond donors (Lipinski definition) is 2. The van der Waals surface area contributed by atoms with E-state index in [9.17, 15) is 0 Å². The van der Waals surface area contributed by atoms with Crippen molar-refractivity contribution in [2.24, 2.45) is 5.84 Å². The molecule has 0 heterocycles. The van der Waals surface area contributed by atoms with Gasteiger partial charge in [-0.3, -0.25) is 5.84 Å². The van der Waals surface area contributed by atoms with Gasteiger partial charge in [0.2, 0.25) is 0 Å². The van der Waals surface area contributed by atoms with Crippen LogP contribution in [0.4, 0.5) is 5.69 Å². The van der Waals surface area contributed by atoms with Gasteiger partial charge in [-0.05, 0) is 18.6 Å². The highest BCUT2D eigenvalue weighted by Gasteiger charge is 2.07. The minimum absolute atomic E-state index is 0.895. The van der Waals surface area contributed by atoms with Crippen molar-refractivity contribution in [1.82, 2.24) is 4.90 Å². The van der Waals surface area contributed by atoms with Gasteiger partial charge in [0.15, 0.2) is 0 Å². The number of thiocarbonyl (C=S) groups is 1. The lowest BCUT2D eigenvalue weighted by molar-refractivity contribution is 0.469. The van der Waals surface area contributed by atoms with Gasteiger partial charge in [0.25, 0.3) is 0 Å². The molecule has 4 heteroatoms. The number of benzene rings is 1. The molecule has 1 rings (SSSR count). The standard InChI is InChI=1S/C30H55N3S/c1-3-4-5-6-7-8-9-10-11-12-13-14-15-16-17-18-19-20-21-22-26-33(2)30(34)28-24-23-25-29(27-28)32-31/h23-25,27,32H,3-22,26,31H2,1-2H3. The van der Waals surface area contributed by atoms with Crippen LogP contribution in [0.25, 0.3) is 0 Å². The maximum absolute atomic E-state index is 5.63. The molecule has 0 aliphatic rings. The largest absolute Gasteiger partial charge is 0.365 e. The molecule has 0 amide bonds. The van der Waals surface area contributed by atoms with Gasteiger partial charge in [-0.25, -0.2) is 0 Å². The van der Waals surface area contributed by atoms with E-state index in [-0.39, 0.29) is 0 Å². The summed E-state index contributed by atoms with van der Waals surface area (Å²) in [6.07, 6.45) is 28.4. The van der Waals surface area contributed by atoms with E-state index in [0.717, 1.165) is 22.8 Å². The molecule has 0 fully saturated rings. The highest BCUT2D eigenvalue weighted by molar-refractivity contribution is 7.80. The van der Waals surface area contributed by atoms with Crippen LogP contribution in [0.3, 0.4) is 0 Å². The molecule has 0 atom stereocenters. The first-order valence-electron chi connectivity index (χ1n) is 14.5. The van der Waals surface area contributed by atoms with E-state index in [4.69, 9.17) is 18.1 Å². The Bertz CT molecular complexity index is 604. The van der Waals surface area contributed by atoms with Crippen molar-refractivity contribution in [3.63, 3.8) is 0 Å². The van der Waals surface area contributed by atoms with Crippen LogP contribution in [-0.2, 0) is 0 Å². The van der Waals surface area contributed by atoms with Crippen LogP contribution in [0.2, 0.25) is 0 Å². The topological polar surface area (TPSA) is 41.3 Å². The average molecular weight is 490 g/mol. The van der Waals surface area contributed by atoms with Crippen LogP contribution in [0.5, 0.6) is 0 Å². The number of anilines is 1. The zero-order valence-corrected chi connectivity index (χ0v) is 23.4. The molecule has 0 radical (unpaired) electrons. The second-order valence-corrected chi connectivity index (χ2v) is 10.6. The van der Waals surface area contributed by atoms with Crippen LogP contribution in [-0.4, -0.2) is 23.5 Å². The van der Waals surface area contributed by atoms with E-state index in [1.165, 1.54) is 128 Å². The maximum atomic E-state index is 5.63. The summed E-state index contributed by atoms with van der Waals surface area (Å²) in [5, 5.41) is 0. The van der Waals surface area contributed by atoms with Crippen molar-refractivity contribution < 1.29 is 0 Å². The lowest BCUT2D eigenvalue weighted by Gasteiger charge is -2.20. The van der Waals surface area contributed by atoms with Crippen LogP contribution >= 0.6 is 12.2 Å². The Morgan fingerprint density at radius 3 is 1.53 bits per heavy atom. The molecule has 34 heavy (non-hydrogen) atoms. The van der Waals surface area contributed by atoms with Gasteiger partial charge in [0.05, 0.1) is 0 Å². The Kier molecular flexibility index (Phi) is 20.3. The van der Waals surface area contributed by atoms with E-state index in [0.29, 0.717) is 0 Å². The second-order valence-electron chi connectivity index (χ2n) is 10.2. The third-order valence-corrected chi connectivity index (χ3v) is 7.52. The SMILES string of the molecule is CCCCCCCCCCCCCCCCCCCCCCN(C)C(=S)c1cccc(NN)c1. The first-order valence-corrected chi connectivity index (χ1v) is 14.9. The Labute approximate surface area is 217 Å². The molecule has 1 aromatic rings. The monoisotopic (exact) mass is 489 g/mol. The average Bonchev–Trinajstić information content (AvgIpc) is 2.87. The molecular formula is C30H55N3S. The highest BCUT2D eigenvalue weighted by Crippen LogP contribution is 2.16. The number of nitrogen functional groups attached to an aromatic ring is 1. The van der Waals surface area contributed by atoms with Crippen LogP contribution in [0.15, 0.2) is 24.3 Å².